The van der Waals surface area contributed by atoms with Crippen LogP contribution in [-0.4, -0.2) is 15.0 Å². The maximum Gasteiger partial charge on any atom is 0.160 e. The van der Waals surface area contributed by atoms with Gasteiger partial charge in [-0.3, -0.25) is 0 Å². The third-order valence-corrected chi connectivity index (χ3v) is 9.26. The molecule has 9 rings (SSSR count). The molecule has 0 saturated carbocycles. The van der Waals surface area contributed by atoms with Crippen molar-refractivity contribution < 1.29 is 0 Å². The van der Waals surface area contributed by atoms with Gasteiger partial charge in [-0.2, -0.15) is 0 Å². The van der Waals surface area contributed by atoms with E-state index in [0.29, 0.717) is 5.82 Å². The monoisotopic (exact) mass is 637 g/mol. The van der Waals surface area contributed by atoms with E-state index in [1.165, 1.54) is 5.56 Å². The maximum atomic E-state index is 5.19. The Morgan fingerprint density at radius 1 is 0.300 bits per heavy atom. The van der Waals surface area contributed by atoms with E-state index in [4.69, 9.17) is 15.0 Å². The topological polar surface area (TPSA) is 38.7 Å². The van der Waals surface area contributed by atoms with Crippen molar-refractivity contribution >= 4 is 21.7 Å². The Morgan fingerprint density at radius 3 is 1.50 bits per heavy atom. The van der Waals surface area contributed by atoms with Crippen LogP contribution in [0.4, 0.5) is 0 Å². The second-order valence-electron chi connectivity index (χ2n) is 12.5. The quantitative estimate of drug-likeness (QED) is 0.170. The normalized spacial score (nSPS) is 11.2. The zero-order valence-corrected chi connectivity index (χ0v) is 27.2. The van der Waals surface area contributed by atoms with Crippen molar-refractivity contribution in [1.29, 1.82) is 0 Å². The second-order valence-corrected chi connectivity index (χ2v) is 12.5. The highest BCUT2D eigenvalue weighted by Gasteiger charge is 2.16. The summed E-state index contributed by atoms with van der Waals surface area (Å²) in [6.07, 6.45) is 0. The molecule has 3 nitrogen and oxygen atoms in total. The van der Waals surface area contributed by atoms with E-state index in [9.17, 15) is 0 Å². The molecule has 0 aliphatic carbocycles. The Morgan fingerprint density at radius 2 is 0.840 bits per heavy atom. The smallest absolute Gasteiger partial charge is 0.160 e. The summed E-state index contributed by atoms with van der Waals surface area (Å²) in [6.45, 7) is 0. The summed E-state index contributed by atoms with van der Waals surface area (Å²) in [5.41, 5.74) is 12.5. The summed E-state index contributed by atoms with van der Waals surface area (Å²) in [7, 11) is 0. The van der Waals surface area contributed by atoms with Crippen LogP contribution in [0.2, 0.25) is 0 Å². The van der Waals surface area contributed by atoms with Crippen molar-refractivity contribution in [1.82, 2.24) is 15.0 Å². The van der Waals surface area contributed by atoms with Crippen LogP contribution < -0.4 is 0 Å². The van der Waals surface area contributed by atoms with Crippen LogP contribution in [0.1, 0.15) is 0 Å². The van der Waals surface area contributed by atoms with Crippen molar-refractivity contribution in [3.8, 4) is 67.4 Å². The number of hydrogen-bond acceptors (Lipinski definition) is 3. The van der Waals surface area contributed by atoms with Crippen molar-refractivity contribution in [2.24, 2.45) is 0 Å². The predicted octanol–water partition coefficient (Wildman–Crippen LogP) is 12.2. The van der Waals surface area contributed by atoms with Crippen molar-refractivity contribution in [3.05, 3.63) is 188 Å². The molecule has 0 fully saturated rings. The van der Waals surface area contributed by atoms with Crippen molar-refractivity contribution in [2.45, 2.75) is 0 Å². The van der Waals surface area contributed by atoms with E-state index in [1.54, 1.807) is 0 Å². The largest absolute Gasteiger partial charge is 0.248 e. The lowest BCUT2D eigenvalue weighted by Crippen LogP contribution is -1.96. The van der Waals surface area contributed by atoms with Gasteiger partial charge in [-0.1, -0.05) is 158 Å². The van der Waals surface area contributed by atoms with Crippen LogP contribution in [0, 0.1) is 0 Å². The van der Waals surface area contributed by atoms with E-state index >= 15 is 0 Å². The summed E-state index contributed by atoms with van der Waals surface area (Å²) in [5.74, 6) is 0.689. The number of rotatable bonds is 6. The first-order valence-corrected chi connectivity index (χ1v) is 16.9. The molecule has 2 aromatic heterocycles. The molecular weight excluding hydrogens is 607 g/mol. The lowest BCUT2D eigenvalue weighted by atomic mass is 9.94. The molecule has 0 aliphatic heterocycles. The SMILES string of the molecule is c1ccc(-c2cccc(-c3cc(-c4ccccc4)nc(-c4ccc5c(ccc6nc(-c7ccccc7)cc(-c7ccccc7)c65)c4)n3)c2)cc1. The molecule has 0 saturated heterocycles. The number of pyridine rings is 1. The summed E-state index contributed by atoms with van der Waals surface area (Å²) < 4.78 is 0. The molecule has 0 amide bonds. The predicted molar refractivity (Wildman–Crippen MR) is 207 cm³/mol. The molecule has 9 aromatic rings. The number of benzene rings is 7. The fraction of sp³-hybridized carbons (Fsp3) is 0. The highest BCUT2D eigenvalue weighted by molar-refractivity contribution is 6.14. The van der Waals surface area contributed by atoms with Crippen LogP contribution in [0.5, 0.6) is 0 Å². The lowest BCUT2D eigenvalue weighted by molar-refractivity contribution is 1.18. The van der Waals surface area contributed by atoms with E-state index in [2.05, 4.69) is 170 Å². The van der Waals surface area contributed by atoms with Gasteiger partial charge in [-0.25, -0.2) is 15.0 Å². The van der Waals surface area contributed by atoms with Crippen LogP contribution in [0.25, 0.3) is 89.1 Å². The zero-order valence-electron chi connectivity index (χ0n) is 27.2. The van der Waals surface area contributed by atoms with Crippen molar-refractivity contribution in [3.63, 3.8) is 0 Å². The fourth-order valence-electron chi connectivity index (χ4n) is 6.78. The minimum atomic E-state index is 0.689. The standard InChI is InChI=1S/C47H31N3/c1-5-14-32(15-6-1)36-22-13-23-38(28-36)45-31-44(35-20-11-4-12-21-35)49-47(50-45)39-24-26-40-37(29-39)25-27-42-46(40)41(33-16-7-2-8-17-33)30-43(48-42)34-18-9-3-10-19-34/h1-31H. The first-order chi connectivity index (χ1) is 24.8. The van der Waals surface area contributed by atoms with Gasteiger partial charge in [-0.15, -0.1) is 0 Å². The third-order valence-electron chi connectivity index (χ3n) is 9.26. The zero-order chi connectivity index (χ0) is 33.3. The van der Waals surface area contributed by atoms with E-state index in [0.717, 1.165) is 77.7 Å². The maximum absolute atomic E-state index is 5.19. The molecule has 0 aliphatic rings. The summed E-state index contributed by atoms with van der Waals surface area (Å²) in [6, 6.07) is 65.6. The molecule has 0 bridgehead atoms. The second kappa shape index (κ2) is 12.7. The highest BCUT2D eigenvalue weighted by atomic mass is 14.9. The highest BCUT2D eigenvalue weighted by Crippen LogP contribution is 2.38. The third kappa shape index (κ3) is 5.61. The van der Waals surface area contributed by atoms with E-state index < -0.39 is 0 Å². The average molecular weight is 638 g/mol. The Labute approximate surface area is 291 Å². The minimum absolute atomic E-state index is 0.689. The number of aromatic nitrogens is 3. The molecule has 0 N–H and O–H groups in total. The molecule has 3 heteroatoms. The van der Waals surface area contributed by atoms with Crippen LogP contribution in [-0.2, 0) is 0 Å². The Hall–Kier alpha value is -6.71. The molecular formula is C47H31N3. The summed E-state index contributed by atoms with van der Waals surface area (Å²) >= 11 is 0. The molecule has 0 atom stereocenters. The average Bonchev–Trinajstić information content (AvgIpc) is 3.21. The first kappa shape index (κ1) is 29.4. The summed E-state index contributed by atoms with van der Waals surface area (Å²) in [5, 5.41) is 3.40. The lowest BCUT2D eigenvalue weighted by Gasteiger charge is -2.14. The molecule has 0 unspecified atom stereocenters. The van der Waals surface area contributed by atoms with Gasteiger partial charge in [0.25, 0.3) is 0 Å². The van der Waals surface area contributed by atoms with E-state index in [1.807, 2.05) is 18.2 Å². The molecule has 2 heterocycles. The van der Waals surface area contributed by atoms with Crippen molar-refractivity contribution in [2.75, 3.05) is 0 Å². The number of hydrogen-bond donors (Lipinski definition) is 0. The number of fused-ring (bicyclic) bond motifs is 3. The van der Waals surface area contributed by atoms with Gasteiger partial charge in [0.1, 0.15) is 0 Å². The molecule has 50 heavy (non-hydrogen) atoms. The van der Waals surface area contributed by atoms with Gasteiger partial charge >= 0.3 is 0 Å². The molecule has 234 valence electrons. The van der Waals surface area contributed by atoms with Crippen LogP contribution in [0.3, 0.4) is 0 Å². The molecule has 0 spiro atoms. The minimum Gasteiger partial charge on any atom is -0.248 e. The number of nitrogens with zero attached hydrogens (tertiary/aromatic N) is 3. The Balaban J connectivity index is 1.21. The Bertz CT molecular complexity index is 2620. The Kier molecular flexibility index (Phi) is 7.49. The van der Waals surface area contributed by atoms with Gasteiger partial charge in [0.15, 0.2) is 5.82 Å². The van der Waals surface area contributed by atoms with E-state index in [-0.39, 0.29) is 0 Å². The van der Waals surface area contributed by atoms with Gasteiger partial charge in [-0.05, 0) is 63.4 Å². The first-order valence-electron chi connectivity index (χ1n) is 16.9. The van der Waals surface area contributed by atoms with Gasteiger partial charge in [0.05, 0.1) is 22.6 Å². The molecule has 0 radical (unpaired) electrons. The fourth-order valence-corrected chi connectivity index (χ4v) is 6.78. The van der Waals surface area contributed by atoms with Gasteiger partial charge in [0, 0.05) is 27.6 Å². The van der Waals surface area contributed by atoms with Gasteiger partial charge < -0.3 is 0 Å². The van der Waals surface area contributed by atoms with Crippen LogP contribution in [0.15, 0.2) is 188 Å². The molecule has 7 aromatic carbocycles. The van der Waals surface area contributed by atoms with Gasteiger partial charge in [0.2, 0.25) is 0 Å². The summed E-state index contributed by atoms with van der Waals surface area (Å²) in [4.78, 5) is 15.5. The van der Waals surface area contributed by atoms with Crippen LogP contribution >= 0.6 is 0 Å².